The Bertz CT molecular complexity index is 1370. The summed E-state index contributed by atoms with van der Waals surface area (Å²) in [5.41, 5.74) is 6.73. The third-order valence-corrected chi connectivity index (χ3v) is 7.66. The largest absolute Gasteiger partial charge is 0.481 e. The van der Waals surface area contributed by atoms with Crippen LogP contribution in [0.3, 0.4) is 0 Å². The minimum atomic E-state index is -0.725. The number of hydrogen-bond acceptors (Lipinski definition) is 3. The van der Waals surface area contributed by atoms with Crippen LogP contribution >= 0.6 is 11.6 Å². The van der Waals surface area contributed by atoms with Crippen molar-refractivity contribution in [2.24, 2.45) is 5.92 Å². The Balaban J connectivity index is 1.28. The number of carboxylic acid groups (broad SMARTS) is 1. The van der Waals surface area contributed by atoms with Crippen LogP contribution in [0.2, 0.25) is 5.02 Å². The highest BCUT2D eigenvalue weighted by Gasteiger charge is 2.51. The minimum absolute atomic E-state index is 0.471. The molecule has 0 spiro atoms. The lowest BCUT2D eigenvalue weighted by Crippen LogP contribution is -2.19. The number of benzene rings is 3. The van der Waals surface area contributed by atoms with Crippen LogP contribution < -0.4 is 0 Å². The maximum atomic E-state index is 11.6. The van der Waals surface area contributed by atoms with Crippen molar-refractivity contribution in [3.05, 3.63) is 100 Å². The Hall–Kier alpha value is -3.37. The number of aromatic nitrogens is 1. The fraction of sp³-hybridized carbons (Fsp3) is 0.290. The molecular formula is C31H30ClNO3. The second-order valence-corrected chi connectivity index (χ2v) is 10.5. The monoisotopic (exact) mass is 499 g/mol. The molecule has 1 unspecified atom stereocenters. The number of aryl methyl sites for hydroxylation is 2. The highest BCUT2D eigenvalue weighted by atomic mass is 35.5. The van der Waals surface area contributed by atoms with Crippen molar-refractivity contribution in [3.63, 3.8) is 0 Å². The molecule has 4 nitrogen and oxygen atoms in total. The van der Waals surface area contributed by atoms with E-state index in [9.17, 15) is 9.90 Å². The fourth-order valence-corrected chi connectivity index (χ4v) is 5.17. The van der Waals surface area contributed by atoms with Crippen LogP contribution in [0.4, 0.5) is 0 Å². The first-order chi connectivity index (χ1) is 17.4. The lowest BCUT2D eigenvalue weighted by atomic mass is 9.91. The molecule has 1 saturated carbocycles. The molecule has 1 atom stereocenters. The molecule has 1 aliphatic carbocycles. The highest BCUT2D eigenvalue weighted by Crippen LogP contribution is 2.48. The SMILES string of the molecule is Cc1noc(-c2ccc(-c3ccc(C4(C(=O)O)CC4)cc3)cc2)c1CC(C)CCc1cccc(Cl)c1. The maximum absolute atomic E-state index is 11.6. The zero-order valence-electron chi connectivity index (χ0n) is 20.6. The third-order valence-electron chi connectivity index (χ3n) is 7.43. The lowest BCUT2D eigenvalue weighted by molar-refractivity contribution is -0.140. The van der Waals surface area contributed by atoms with Gasteiger partial charge in [0.15, 0.2) is 5.76 Å². The van der Waals surface area contributed by atoms with Crippen molar-refractivity contribution in [1.29, 1.82) is 0 Å². The van der Waals surface area contributed by atoms with E-state index < -0.39 is 11.4 Å². The van der Waals surface area contributed by atoms with Crippen LogP contribution in [-0.2, 0) is 23.1 Å². The molecule has 0 saturated heterocycles. The first-order valence-electron chi connectivity index (χ1n) is 12.5. The quantitative estimate of drug-likeness (QED) is 0.254. The van der Waals surface area contributed by atoms with E-state index >= 15 is 0 Å². The summed E-state index contributed by atoms with van der Waals surface area (Å²) >= 11 is 6.13. The lowest BCUT2D eigenvalue weighted by Gasteiger charge is -2.12. The number of halogens is 1. The maximum Gasteiger partial charge on any atom is 0.314 e. The van der Waals surface area contributed by atoms with E-state index in [1.165, 1.54) is 5.56 Å². The molecule has 4 aromatic rings. The Morgan fingerprint density at radius 1 is 1.03 bits per heavy atom. The van der Waals surface area contributed by atoms with Crippen LogP contribution in [0.1, 0.15) is 48.6 Å². The fourth-order valence-electron chi connectivity index (χ4n) is 4.96. The normalized spacial score (nSPS) is 15.0. The molecule has 3 aromatic carbocycles. The predicted octanol–water partition coefficient (Wildman–Crippen LogP) is 7.90. The molecule has 184 valence electrons. The molecule has 5 rings (SSSR count). The predicted molar refractivity (Wildman–Crippen MR) is 143 cm³/mol. The first-order valence-corrected chi connectivity index (χ1v) is 12.9. The third kappa shape index (κ3) is 4.96. The van der Waals surface area contributed by atoms with Gasteiger partial charge in [-0.2, -0.15) is 0 Å². The van der Waals surface area contributed by atoms with Gasteiger partial charge in [0.1, 0.15) is 0 Å². The molecule has 0 radical (unpaired) electrons. The summed E-state index contributed by atoms with van der Waals surface area (Å²) in [4.78, 5) is 11.6. The Kier molecular flexibility index (Phi) is 6.72. The summed E-state index contributed by atoms with van der Waals surface area (Å²) in [6.07, 6.45) is 4.38. The van der Waals surface area contributed by atoms with Gasteiger partial charge >= 0.3 is 5.97 Å². The van der Waals surface area contributed by atoms with Crippen LogP contribution in [0, 0.1) is 12.8 Å². The van der Waals surface area contributed by atoms with Gasteiger partial charge in [0.2, 0.25) is 0 Å². The van der Waals surface area contributed by atoms with Crippen molar-refractivity contribution < 1.29 is 14.4 Å². The smallest absolute Gasteiger partial charge is 0.314 e. The van der Waals surface area contributed by atoms with Crippen LogP contribution in [0.15, 0.2) is 77.3 Å². The Labute approximate surface area is 216 Å². The first kappa shape index (κ1) is 24.3. The van der Waals surface area contributed by atoms with Gasteiger partial charge in [0.05, 0.1) is 11.1 Å². The van der Waals surface area contributed by atoms with E-state index in [-0.39, 0.29) is 0 Å². The van der Waals surface area contributed by atoms with Crippen molar-refractivity contribution >= 4 is 17.6 Å². The average molecular weight is 500 g/mol. The number of hydrogen-bond donors (Lipinski definition) is 1. The summed E-state index contributed by atoms with van der Waals surface area (Å²) in [5, 5.41) is 14.6. The van der Waals surface area contributed by atoms with Gasteiger partial charge in [0, 0.05) is 16.1 Å². The van der Waals surface area contributed by atoms with Crippen LogP contribution in [0.5, 0.6) is 0 Å². The molecule has 0 amide bonds. The molecular weight excluding hydrogens is 470 g/mol. The molecule has 1 aliphatic rings. The topological polar surface area (TPSA) is 63.3 Å². The average Bonchev–Trinajstić information content (AvgIpc) is 3.63. The van der Waals surface area contributed by atoms with Crippen LogP contribution in [0.25, 0.3) is 22.5 Å². The summed E-state index contributed by atoms with van der Waals surface area (Å²) < 4.78 is 5.77. The number of rotatable bonds is 9. The molecule has 5 heteroatoms. The molecule has 1 aromatic heterocycles. The van der Waals surface area contributed by atoms with Gasteiger partial charge in [-0.15, -0.1) is 0 Å². The second kappa shape index (κ2) is 9.94. The number of nitrogens with zero attached hydrogens (tertiary/aromatic N) is 1. The summed E-state index contributed by atoms with van der Waals surface area (Å²) in [5.74, 6) is 0.580. The molecule has 36 heavy (non-hydrogen) atoms. The van der Waals surface area contributed by atoms with Crippen molar-refractivity contribution in [3.8, 4) is 22.5 Å². The van der Waals surface area contributed by atoms with Gasteiger partial charge in [-0.05, 0) is 79.3 Å². The van der Waals surface area contributed by atoms with E-state index in [1.807, 2.05) is 49.4 Å². The van der Waals surface area contributed by atoms with E-state index in [2.05, 4.69) is 42.4 Å². The highest BCUT2D eigenvalue weighted by molar-refractivity contribution is 6.30. The second-order valence-electron chi connectivity index (χ2n) is 10.1. The zero-order chi connectivity index (χ0) is 25.3. The Morgan fingerprint density at radius 2 is 1.67 bits per heavy atom. The molecule has 1 fully saturated rings. The van der Waals surface area contributed by atoms with Gasteiger partial charge in [-0.1, -0.05) is 84.3 Å². The Morgan fingerprint density at radius 3 is 2.28 bits per heavy atom. The molecule has 1 N–H and O–H groups in total. The van der Waals surface area contributed by atoms with Crippen molar-refractivity contribution in [1.82, 2.24) is 5.16 Å². The van der Waals surface area contributed by atoms with E-state index in [0.29, 0.717) is 18.8 Å². The van der Waals surface area contributed by atoms with E-state index in [0.717, 1.165) is 63.6 Å². The molecule has 0 bridgehead atoms. The number of carbonyl (C=O) groups is 1. The molecule has 1 heterocycles. The van der Waals surface area contributed by atoms with Gasteiger partial charge in [0.25, 0.3) is 0 Å². The summed E-state index contributed by atoms with van der Waals surface area (Å²) in [6, 6.07) is 24.3. The number of aliphatic carboxylic acids is 1. The van der Waals surface area contributed by atoms with Crippen molar-refractivity contribution in [2.45, 2.75) is 51.4 Å². The van der Waals surface area contributed by atoms with Gasteiger partial charge in [-0.25, -0.2) is 0 Å². The van der Waals surface area contributed by atoms with Gasteiger partial charge < -0.3 is 9.63 Å². The zero-order valence-corrected chi connectivity index (χ0v) is 21.4. The van der Waals surface area contributed by atoms with E-state index in [4.69, 9.17) is 16.1 Å². The molecule has 0 aliphatic heterocycles. The van der Waals surface area contributed by atoms with Crippen molar-refractivity contribution in [2.75, 3.05) is 0 Å². The summed E-state index contributed by atoms with van der Waals surface area (Å²) in [6.45, 7) is 4.27. The number of carboxylic acids is 1. The summed E-state index contributed by atoms with van der Waals surface area (Å²) in [7, 11) is 0. The minimum Gasteiger partial charge on any atom is -0.481 e. The van der Waals surface area contributed by atoms with E-state index in [1.54, 1.807) is 0 Å². The van der Waals surface area contributed by atoms with Gasteiger partial charge in [-0.3, -0.25) is 4.79 Å². The standard InChI is InChI=1S/C31H30ClNO3/c1-20(6-7-22-4-3-5-27(32)19-22)18-28-21(2)33-36-29(28)25-10-8-23(9-11-25)24-12-14-26(15-13-24)31(16-17-31)30(34)35/h3-5,8-15,19-20H,6-7,16-18H2,1-2H3,(H,34,35). The van der Waals surface area contributed by atoms with Crippen LogP contribution in [-0.4, -0.2) is 16.2 Å².